The minimum Gasteiger partial charge on any atom is -0.493 e. The van der Waals surface area contributed by atoms with E-state index in [1.807, 2.05) is 24.3 Å². The summed E-state index contributed by atoms with van der Waals surface area (Å²) in [7, 11) is 5.37. The maximum absolute atomic E-state index is 9.33. The molecule has 0 fully saturated rings. The molecule has 33 heavy (non-hydrogen) atoms. The third kappa shape index (κ3) is 4.87. The van der Waals surface area contributed by atoms with Crippen molar-refractivity contribution in [3.05, 3.63) is 42.6 Å². The zero-order valence-corrected chi connectivity index (χ0v) is 20.0. The van der Waals surface area contributed by atoms with Crippen LogP contribution in [0.15, 0.2) is 42.6 Å². The van der Waals surface area contributed by atoms with Gasteiger partial charge in [-0.25, -0.2) is 0 Å². The number of pyridine rings is 1. The van der Waals surface area contributed by atoms with Crippen molar-refractivity contribution in [2.75, 3.05) is 35.5 Å². The Balaban J connectivity index is 0.000000454. The lowest BCUT2D eigenvalue weighted by Crippen LogP contribution is -2.28. The molecule has 3 aromatic carbocycles. The van der Waals surface area contributed by atoms with Gasteiger partial charge in [-0.05, 0) is 35.7 Å². The van der Waals surface area contributed by atoms with Gasteiger partial charge >= 0.3 is 10.4 Å². The van der Waals surface area contributed by atoms with Crippen LogP contribution in [0.1, 0.15) is 0 Å². The maximum atomic E-state index is 9.33. The van der Waals surface area contributed by atoms with Gasteiger partial charge in [-0.3, -0.25) is 8.74 Å². The molecule has 1 aromatic heterocycles. The molecule has 0 unspecified atom stereocenters. The van der Waals surface area contributed by atoms with Crippen molar-refractivity contribution >= 4 is 42.8 Å². The van der Waals surface area contributed by atoms with E-state index in [4.69, 9.17) is 23.5 Å². The highest BCUT2D eigenvalue weighted by molar-refractivity contribution is 7.80. The van der Waals surface area contributed by atoms with Crippen LogP contribution in [0, 0.1) is 0 Å². The van der Waals surface area contributed by atoms with Crippen molar-refractivity contribution in [3.8, 4) is 23.0 Å². The first-order valence-corrected chi connectivity index (χ1v) is 11.1. The molecule has 0 aliphatic heterocycles. The van der Waals surface area contributed by atoms with Gasteiger partial charge in [-0.15, -0.1) is 0 Å². The molecule has 0 saturated carbocycles. The van der Waals surface area contributed by atoms with Crippen molar-refractivity contribution in [3.63, 3.8) is 0 Å². The summed E-state index contributed by atoms with van der Waals surface area (Å²) in [6.45, 7) is 0. The van der Waals surface area contributed by atoms with E-state index in [2.05, 4.69) is 34.1 Å². The average molecular weight is 477 g/mol. The fraction of sp³-hybridized carbons (Fsp3) is 0.261. The third-order valence-electron chi connectivity index (χ3n) is 5.24. The van der Waals surface area contributed by atoms with Crippen LogP contribution in [0.3, 0.4) is 0 Å². The standard InChI is InChI=1S/C22H22NO4.CH4O4S/c1-23-12-14-9-19(25-3)20(26-4)10-16(14)15-7-6-13-8-18(24-2)21(27-5)11-17(13)22(15)23;1-5-6(2,3)4/h6-12H,1-5H3;1H3,(H,2,3,4)/q+1;. The number of aryl methyl sites for hydroxylation is 1. The monoisotopic (exact) mass is 476 g/mol. The van der Waals surface area contributed by atoms with E-state index < -0.39 is 10.4 Å². The first-order valence-electron chi connectivity index (χ1n) is 9.73. The van der Waals surface area contributed by atoms with Crippen LogP contribution >= 0.6 is 0 Å². The summed E-state index contributed by atoms with van der Waals surface area (Å²) < 4.78 is 53.8. The Labute approximate surface area is 192 Å². The Kier molecular flexibility index (Phi) is 7.11. The predicted octanol–water partition coefficient (Wildman–Crippen LogP) is 3.44. The maximum Gasteiger partial charge on any atom is 0.397 e. The highest BCUT2D eigenvalue weighted by Gasteiger charge is 2.18. The van der Waals surface area contributed by atoms with E-state index >= 15 is 0 Å². The van der Waals surface area contributed by atoms with E-state index in [9.17, 15) is 8.42 Å². The largest absolute Gasteiger partial charge is 0.493 e. The fourth-order valence-electron chi connectivity index (χ4n) is 3.74. The minimum atomic E-state index is -4.16. The smallest absolute Gasteiger partial charge is 0.397 e. The molecule has 1 N–H and O–H groups in total. The van der Waals surface area contributed by atoms with Gasteiger partial charge < -0.3 is 18.9 Å². The number of benzene rings is 3. The molecule has 0 spiro atoms. The number of hydrogen-bond acceptors (Lipinski definition) is 7. The molecule has 4 aromatic rings. The van der Waals surface area contributed by atoms with Crippen molar-refractivity contribution in [1.29, 1.82) is 0 Å². The molecule has 0 atom stereocenters. The van der Waals surface area contributed by atoms with Crippen LogP contribution in [0.4, 0.5) is 0 Å². The Morgan fingerprint density at radius 1 is 0.697 bits per heavy atom. The highest BCUT2D eigenvalue weighted by atomic mass is 32.3. The summed E-state index contributed by atoms with van der Waals surface area (Å²) in [5.41, 5.74) is 1.12. The Bertz CT molecular complexity index is 1430. The molecule has 9 nitrogen and oxygen atoms in total. The number of methoxy groups -OCH3 is 4. The van der Waals surface area contributed by atoms with Crippen LogP contribution in [0.5, 0.6) is 23.0 Å². The average Bonchev–Trinajstić information content (AvgIpc) is 2.81. The molecule has 0 amide bonds. The predicted molar refractivity (Wildman–Crippen MR) is 125 cm³/mol. The fourth-order valence-corrected chi connectivity index (χ4v) is 3.74. The van der Waals surface area contributed by atoms with Crippen molar-refractivity contribution < 1.29 is 40.7 Å². The van der Waals surface area contributed by atoms with Gasteiger partial charge in [0.2, 0.25) is 5.52 Å². The highest BCUT2D eigenvalue weighted by Crippen LogP contribution is 2.38. The van der Waals surface area contributed by atoms with Gasteiger partial charge in [0, 0.05) is 5.39 Å². The number of ether oxygens (including phenoxy) is 4. The molecule has 0 bridgehead atoms. The van der Waals surface area contributed by atoms with Crippen LogP contribution in [0.2, 0.25) is 0 Å². The second-order valence-electron chi connectivity index (χ2n) is 7.02. The zero-order chi connectivity index (χ0) is 24.3. The summed E-state index contributed by atoms with van der Waals surface area (Å²) >= 11 is 0. The number of hydrogen-bond donors (Lipinski definition) is 1. The molecule has 10 heteroatoms. The molecular weight excluding hydrogens is 450 g/mol. The van der Waals surface area contributed by atoms with Crippen LogP contribution in [-0.4, -0.2) is 48.5 Å². The summed E-state index contributed by atoms with van der Waals surface area (Å²) in [5.74, 6) is 2.87. The van der Waals surface area contributed by atoms with Gasteiger partial charge in [0.15, 0.2) is 29.2 Å². The summed E-state index contributed by atoms with van der Waals surface area (Å²) in [6, 6.07) is 12.3. The van der Waals surface area contributed by atoms with Crippen LogP contribution < -0.4 is 23.5 Å². The third-order valence-corrected chi connectivity index (χ3v) is 5.66. The normalized spacial score (nSPS) is 11.2. The summed E-state index contributed by atoms with van der Waals surface area (Å²) in [4.78, 5) is 0. The second-order valence-corrected chi connectivity index (χ2v) is 8.21. The molecule has 176 valence electrons. The van der Waals surface area contributed by atoms with Gasteiger partial charge in [0.05, 0.1) is 51.7 Å². The van der Waals surface area contributed by atoms with E-state index in [1.54, 1.807) is 28.4 Å². The van der Waals surface area contributed by atoms with Crippen LogP contribution in [-0.2, 0) is 21.6 Å². The lowest BCUT2D eigenvalue weighted by molar-refractivity contribution is -0.642. The summed E-state index contributed by atoms with van der Waals surface area (Å²) in [6.07, 6.45) is 2.11. The minimum absolute atomic E-state index is 0.713. The Morgan fingerprint density at radius 3 is 1.64 bits per heavy atom. The van der Waals surface area contributed by atoms with E-state index in [1.165, 1.54) is 0 Å². The van der Waals surface area contributed by atoms with Gasteiger partial charge in [-0.2, -0.15) is 13.0 Å². The van der Waals surface area contributed by atoms with Crippen LogP contribution in [0.25, 0.3) is 32.4 Å². The van der Waals surface area contributed by atoms with Crippen molar-refractivity contribution in [2.24, 2.45) is 7.05 Å². The number of rotatable bonds is 5. The van der Waals surface area contributed by atoms with Gasteiger partial charge in [0.25, 0.3) is 0 Å². The second kappa shape index (κ2) is 9.65. The quantitative estimate of drug-likeness (QED) is 0.265. The number of nitrogens with zero attached hydrogens (tertiary/aromatic N) is 1. The van der Waals surface area contributed by atoms with Crippen molar-refractivity contribution in [1.82, 2.24) is 0 Å². The Morgan fingerprint density at radius 2 is 1.15 bits per heavy atom. The van der Waals surface area contributed by atoms with E-state index in [-0.39, 0.29) is 0 Å². The lowest BCUT2D eigenvalue weighted by Gasteiger charge is -2.12. The first kappa shape index (κ1) is 24.3. The number of aromatic nitrogens is 1. The van der Waals surface area contributed by atoms with Gasteiger partial charge in [0.1, 0.15) is 7.05 Å². The molecule has 0 aliphatic carbocycles. The number of fused-ring (bicyclic) bond motifs is 5. The SMILES string of the molecule is COS(=O)(=O)O.COc1cc2c[n+](C)c3c4cc(OC)c(OC)cc4ccc3c2cc1OC. The molecule has 4 rings (SSSR count). The molecule has 1 heterocycles. The van der Waals surface area contributed by atoms with E-state index in [0.717, 1.165) is 51.1 Å². The molecule has 0 saturated heterocycles. The van der Waals surface area contributed by atoms with E-state index in [0.29, 0.717) is 11.5 Å². The summed E-state index contributed by atoms with van der Waals surface area (Å²) in [5, 5.41) is 5.52. The van der Waals surface area contributed by atoms with Crippen molar-refractivity contribution in [2.45, 2.75) is 0 Å². The van der Waals surface area contributed by atoms with Gasteiger partial charge in [-0.1, -0.05) is 6.07 Å². The topological polar surface area (TPSA) is 104 Å². The zero-order valence-electron chi connectivity index (χ0n) is 19.2. The molecule has 0 aliphatic rings. The Hall–Kier alpha value is -3.34. The lowest BCUT2D eigenvalue weighted by atomic mass is 10.00. The molecule has 0 radical (unpaired) electrons. The molecular formula is C23H26NO8S+. The first-order chi connectivity index (χ1) is 15.7.